The molecule has 0 spiro atoms. The molecule has 3 nitrogen and oxygen atoms in total. The molecular formula is C16H24FN3. The Balaban J connectivity index is 1.71. The van der Waals surface area contributed by atoms with Crippen LogP contribution in [-0.2, 0) is 0 Å². The summed E-state index contributed by atoms with van der Waals surface area (Å²) in [7, 11) is 0. The summed E-state index contributed by atoms with van der Waals surface area (Å²) in [6.45, 7) is 6.64. The van der Waals surface area contributed by atoms with Gasteiger partial charge in [-0.15, -0.1) is 0 Å². The van der Waals surface area contributed by atoms with Crippen molar-refractivity contribution in [3.63, 3.8) is 0 Å². The van der Waals surface area contributed by atoms with Gasteiger partial charge < -0.3 is 5.73 Å². The van der Waals surface area contributed by atoms with Gasteiger partial charge in [0.15, 0.2) is 0 Å². The van der Waals surface area contributed by atoms with E-state index in [-0.39, 0.29) is 11.9 Å². The van der Waals surface area contributed by atoms with Gasteiger partial charge >= 0.3 is 0 Å². The maximum atomic E-state index is 14.1. The smallest absolute Gasteiger partial charge is 0.128 e. The second kappa shape index (κ2) is 5.80. The summed E-state index contributed by atoms with van der Waals surface area (Å²) in [4.78, 5) is 4.91. The van der Waals surface area contributed by atoms with Crippen molar-refractivity contribution >= 4 is 0 Å². The molecule has 1 saturated heterocycles. The molecule has 2 fully saturated rings. The lowest BCUT2D eigenvalue weighted by molar-refractivity contribution is 0.0924. The van der Waals surface area contributed by atoms with Crippen molar-refractivity contribution in [3.05, 3.63) is 35.1 Å². The lowest BCUT2D eigenvalue weighted by Crippen LogP contribution is -2.49. The van der Waals surface area contributed by atoms with Crippen LogP contribution in [0.3, 0.4) is 0 Å². The number of hydrogen-bond donors (Lipinski definition) is 1. The summed E-state index contributed by atoms with van der Waals surface area (Å²) in [5.41, 5.74) is 7.79. The molecule has 1 unspecified atom stereocenters. The highest BCUT2D eigenvalue weighted by atomic mass is 19.1. The summed E-state index contributed by atoms with van der Waals surface area (Å²) in [6.07, 6.45) is 2.71. The first kappa shape index (κ1) is 14.0. The van der Waals surface area contributed by atoms with Crippen LogP contribution in [0.1, 0.15) is 30.0 Å². The predicted octanol–water partition coefficient (Wildman–Crippen LogP) is 1.91. The number of benzene rings is 1. The van der Waals surface area contributed by atoms with E-state index in [1.54, 1.807) is 6.07 Å². The third kappa shape index (κ3) is 2.87. The summed E-state index contributed by atoms with van der Waals surface area (Å²) < 4.78 is 14.1. The molecule has 1 aromatic carbocycles. The summed E-state index contributed by atoms with van der Waals surface area (Å²) >= 11 is 0. The van der Waals surface area contributed by atoms with E-state index < -0.39 is 0 Å². The van der Waals surface area contributed by atoms with Crippen LogP contribution in [0.25, 0.3) is 0 Å². The first-order valence-electron chi connectivity index (χ1n) is 7.63. The van der Waals surface area contributed by atoms with E-state index in [1.165, 1.54) is 12.8 Å². The van der Waals surface area contributed by atoms with Gasteiger partial charge in [0.05, 0.1) is 6.04 Å². The highest BCUT2D eigenvalue weighted by Crippen LogP contribution is 2.30. The largest absolute Gasteiger partial charge is 0.329 e. The van der Waals surface area contributed by atoms with Gasteiger partial charge in [0.25, 0.3) is 0 Å². The van der Waals surface area contributed by atoms with E-state index in [1.807, 2.05) is 19.1 Å². The van der Waals surface area contributed by atoms with Gasteiger partial charge in [-0.1, -0.05) is 17.7 Å². The third-order valence-corrected chi connectivity index (χ3v) is 4.59. The van der Waals surface area contributed by atoms with Crippen molar-refractivity contribution in [3.8, 4) is 0 Å². The average molecular weight is 277 g/mol. The van der Waals surface area contributed by atoms with Gasteiger partial charge in [0, 0.05) is 44.3 Å². The van der Waals surface area contributed by atoms with E-state index in [2.05, 4.69) is 9.80 Å². The van der Waals surface area contributed by atoms with E-state index in [0.29, 0.717) is 6.54 Å². The van der Waals surface area contributed by atoms with Gasteiger partial charge in [-0.3, -0.25) is 9.80 Å². The van der Waals surface area contributed by atoms with Crippen LogP contribution < -0.4 is 5.73 Å². The number of rotatable bonds is 4. The van der Waals surface area contributed by atoms with Crippen molar-refractivity contribution in [1.29, 1.82) is 0 Å². The van der Waals surface area contributed by atoms with Gasteiger partial charge in [-0.25, -0.2) is 4.39 Å². The Morgan fingerprint density at radius 2 is 1.95 bits per heavy atom. The van der Waals surface area contributed by atoms with Crippen LogP contribution in [0.5, 0.6) is 0 Å². The number of halogens is 1. The molecular weight excluding hydrogens is 253 g/mol. The minimum absolute atomic E-state index is 0.0104. The van der Waals surface area contributed by atoms with Crippen molar-refractivity contribution in [2.75, 3.05) is 32.7 Å². The Kier molecular flexibility index (Phi) is 4.06. The summed E-state index contributed by atoms with van der Waals surface area (Å²) in [5, 5.41) is 0. The molecule has 3 rings (SSSR count). The number of aryl methyl sites for hydroxylation is 1. The molecule has 1 aliphatic carbocycles. The first-order chi connectivity index (χ1) is 9.69. The Labute approximate surface area is 120 Å². The summed E-state index contributed by atoms with van der Waals surface area (Å²) in [5.74, 6) is -0.129. The van der Waals surface area contributed by atoms with Crippen LogP contribution in [0.4, 0.5) is 4.39 Å². The molecule has 0 amide bonds. The average Bonchev–Trinajstić information content (AvgIpc) is 3.29. The Bertz CT molecular complexity index is 465. The van der Waals surface area contributed by atoms with Crippen molar-refractivity contribution in [1.82, 2.24) is 9.80 Å². The van der Waals surface area contributed by atoms with Crippen molar-refractivity contribution in [2.24, 2.45) is 5.73 Å². The maximum absolute atomic E-state index is 14.1. The predicted molar refractivity (Wildman–Crippen MR) is 79.1 cm³/mol. The molecule has 1 atom stereocenters. The fourth-order valence-electron chi connectivity index (χ4n) is 3.25. The zero-order valence-electron chi connectivity index (χ0n) is 12.2. The lowest BCUT2D eigenvalue weighted by atomic mass is 10.0. The Hall–Kier alpha value is -0.970. The van der Waals surface area contributed by atoms with Crippen LogP contribution >= 0.6 is 0 Å². The van der Waals surface area contributed by atoms with Crippen LogP contribution in [0.15, 0.2) is 18.2 Å². The Morgan fingerprint density at radius 3 is 2.55 bits per heavy atom. The second-order valence-corrected chi connectivity index (χ2v) is 6.08. The number of nitrogens with two attached hydrogens (primary N) is 1. The van der Waals surface area contributed by atoms with Gasteiger partial charge in [-0.2, -0.15) is 0 Å². The molecule has 110 valence electrons. The van der Waals surface area contributed by atoms with Crippen LogP contribution in [0.2, 0.25) is 0 Å². The molecule has 20 heavy (non-hydrogen) atoms. The monoisotopic (exact) mass is 277 g/mol. The van der Waals surface area contributed by atoms with E-state index in [0.717, 1.165) is 43.3 Å². The molecule has 2 aliphatic rings. The van der Waals surface area contributed by atoms with Crippen molar-refractivity contribution in [2.45, 2.75) is 31.8 Å². The first-order valence-corrected chi connectivity index (χ1v) is 7.63. The highest BCUT2D eigenvalue weighted by Gasteiger charge is 2.33. The van der Waals surface area contributed by atoms with Gasteiger partial charge in [0.2, 0.25) is 0 Å². The molecule has 0 radical (unpaired) electrons. The van der Waals surface area contributed by atoms with Gasteiger partial charge in [0.1, 0.15) is 5.82 Å². The van der Waals surface area contributed by atoms with Crippen LogP contribution in [-0.4, -0.2) is 48.6 Å². The molecule has 1 saturated carbocycles. The van der Waals surface area contributed by atoms with E-state index >= 15 is 0 Å². The van der Waals surface area contributed by atoms with Gasteiger partial charge in [-0.05, 0) is 25.8 Å². The number of nitrogens with zero attached hydrogens (tertiary/aromatic N) is 2. The Morgan fingerprint density at radius 1 is 1.25 bits per heavy atom. The van der Waals surface area contributed by atoms with Crippen molar-refractivity contribution < 1.29 is 4.39 Å². The normalized spacial score (nSPS) is 22.9. The lowest BCUT2D eigenvalue weighted by Gasteiger charge is -2.39. The molecule has 1 aliphatic heterocycles. The second-order valence-electron chi connectivity index (χ2n) is 6.08. The SMILES string of the molecule is Cc1ccc(F)c(C(CN)N2CCN(C3CC3)CC2)c1. The third-order valence-electron chi connectivity index (χ3n) is 4.59. The molecule has 1 aromatic rings. The number of piperazine rings is 1. The maximum Gasteiger partial charge on any atom is 0.128 e. The van der Waals surface area contributed by atoms with Crippen LogP contribution in [0, 0.1) is 12.7 Å². The zero-order chi connectivity index (χ0) is 14.1. The molecule has 2 N–H and O–H groups in total. The summed E-state index contributed by atoms with van der Waals surface area (Å²) in [6, 6.07) is 6.16. The van der Waals surface area contributed by atoms with E-state index in [9.17, 15) is 4.39 Å². The fourth-order valence-corrected chi connectivity index (χ4v) is 3.25. The minimum Gasteiger partial charge on any atom is -0.329 e. The topological polar surface area (TPSA) is 32.5 Å². The highest BCUT2D eigenvalue weighted by molar-refractivity contribution is 5.27. The van der Waals surface area contributed by atoms with E-state index in [4.69, 9.17) is 5.73 Å². The molecule has 4 heteroatoms. The molecule has 1 heterocycles. The number of hydrogen-bond acceptors (Lipinski definition) is 3. The minimum atomic E-state index is -0.129. The quantitative estimate of drug-likeness (QED) is 0.912. The fraction of sp³-hybridized carbons (Fsp3) is 0.625. The molecule has 0 aromatic heterocycles. The molecule has 0 bridgehead atoms. The zero-order valence-corrected chi connectivity index (χ0v) is 12.2. The standard InChI is InChI=1S/C16H24FN3/c1-12-2-5-15(17)14(10-12)16(11-18)20-8-6-19(7-9-20)13-3-4-13/h2,5,10,13,16H,3-4,6-9,11,18H2,1H3.